The maximum atomic E-state index is 12.9. The number of hydrogen-bond donors (Lipinski definition) is 1. The van der Waals surface area contributed by atoms with Gasteiger partial charge in [-0.2, -0.15) is 0 Å². The van der Waals surface area contributed by atoms with Crippen molar-refractivity contribution in [2.24, 2.45) is 5.89 Å². The van der Waals surface area contributed by atoms with Crippen LogP contribution >= 0.6 is 0 Å². The molecule has 2 aromatic heterocycles. The minimum absolute atomic E-state index is 0.0314. The molecule has 0 spiro atoms. The molecule has 126 valence electrons. The molecular weight excluding hydrogens is 304 g/mol. The lowest BCUT2D eigenvalue weighted by Gasteiger charge is -2.41. The molecule has 2 atom stereocenters. The third-order valence-electron chi connectivity index (χ3n) is 3.55. The van der Waals surface area contributed by atoms with Crippen LogP contribution in [-0.2, 0) is 4.79 Å². The zero-order chi connectivity index (χ0) is 26.2. The van der Waals surface area contributed by atoms with Crippen LogP contribution in [0.2, 0.25) is 0 Å². The van der Waals surface area contributed by atoms with Crippen LogP contribution in [0, 0.1) is 19.4 Å². The van der Waals surface area contributed by atoms with Crippen molar-refractivity contribution in [1.82, 2.24) is 19.9 Å². The first-order valence-electron chi connectivity index (χ1n) is 12.0. The van der Waals surface area contributed by atoms with Crippen LogP contribution in [0.15, 0.2) is 12.4 Å². The molecule has 24 heavy (non-hydrogen) atoms. The Balaban J connectivity index is 2.32. The van der Waals surface area contributed by atoms with E-state index in [-0.39, 0.29) is 27.8 Å². The quantitative estimate of drug-likeness (QED) is 0.869. The number of piperidine rings is 1. The number of aromatic amines is 1. The van der Waals surface area contributed by atoms with Gasteiger partial charge in [-0.3, -0.25) is 4.79 Å². The predicted octanol–water partition coefficient (Wildman–Crippen LogP) is 1.86. The SMILES string of the molecule is [2H]c1c(C)[nH]c2ncnc(N(C)[C@H]3C([2H])([2H])N(C(=O)C([2H])([2H])[N+]#[C-])C([2H])([2H])C([2H])([2H])[C@@]3([2H])C)c12. The predicted molar refractivity (Wildman–Crippen MR) is 92.6 cm³/mol. The second kappa shape index (κ2) is 6.48. The summed E-state index contributed by atoms with van der Waals surface area (Å²) in [7, 11) is 1.25. The number of likely N-dealkylation sites (tertiary alicyclic amines) is 1. The Kier molecular flexibility index (Phi) is 2.15. The lowest BCUT2D eigenvalue weighted by Crippen LogP contribution is -2.53. The van der Waals surface area contributed by atoms with Gasteiger partial charge in [-0.25, -0.2) is 16.5 Å². The molecule has 1 amide bonds. The van der Waals surface area contributed by atoms with Crippen molar-refractivity contribution >= 4 is 22.8 Å². The number of likely N-dealkylation sites (N-methyl/N-ethyl adjacent to an activating group) is 1. The summed E-state index contributed by atoms with van der Waals surface area (Å²) in [5.74, 6) is -4.58. The number of rotatable bonds is 3. The summed E-state index contributed by atoms with van der Waals surface area (Å²) in [6, 6.07) is -1.99. The molecule has 0 radical (unpaired) electrons. The van der Waals surface area contributed by atoms with Crippen molar-refractivity contribution < 1.29 is 18.5 Å². The fourth-order valence-corrected chi connectivity index (χ4v) is 2.42. The van der Waals surface area contributed by atoms with Gasteiger partial charge in [-0.05, 0) is 25.2 Å². The van der Waals surface area contributed by atoms with Crippen molar-refractivity contribution in [2.45, 2.75) is 26.3 Å². The van der Waals surface area contributed by atoms with E-state index in [1.165, 1.54) is 7.05 Å². The molecule has 0 unspecified atom stereocenters. The molecule has 7 nitrogen and oxygen atoms in total. The number of H-pyrrole nitrogens is 1. The third-order valence-corrected chi connectivity index (χ3v) is 3.55. The van der Waals surface area contributed by atoms with Crippen molar-refractivity contribution in [3.05, 3.63) is 29.5 Å². The number of carbonyl (C=O) groups excluding carboxylic acids is 1. The Labute approximate surface area is 155 Å². The molecule has 0 saturated carbocycles. The van der Waals surface area contributed by atoms with E-state index >= 15 is 0 Å². The Morgan fingerprint density at radius 1 is 1.75 bits per heavy atom. The van der Waals surface area contributed by atoms with Crippen molar-refractivity contribution in [3.63, 3.8) is 0 Å². The first kappa shape index (κ1) is 7.97. The summed E-state index contributed by atoms with van der Waals surface area (Å²) in [6.07, 6.45) is -2.14. The molecule has 3 rings (SSSR count). The van der Waals surface area contributed by atoms with E-state index in [2.05, 4.69) is 19.8 Å². The number of nitrogens with one attached hydrogen (secondary N) is 1. The molecule has 2 aromatic rings. The summed E-state index contributed by atoms with van der Waals surface area (Å²) < 4.78 is 83.2. The normalized spacial score (nSPS) is 36.9. The topological polar surface area (TPSA) is 69.5 Å². The first-order valence-corrected chi connectivity index (χ1v) is 7.04. The molecule has 1 fully saturated rings. The zero-order valence-corrected chi connectivity index (χ0v) is 13.3. The van der Waals surface area contributed by atoms with Crippen LogP contribution in [0.25, 0.3) is 15.9 Å². The Bertz CT molecular complexity index is 1200. The fourth-order valence-electron chi connectivity index (χ4n) is 2.42. The summed E-state index contributed by atoms with van der Waals surface area (Å²) in [4.78, 5) is 27.2. The minimum Gasteiger partial charge on any atom is -0.354 e. The van der Waals surface area contributed by atoms with Gasteiger partial charge in [0.15, 0.2) is 0 Å². The molecule has 7 heteroatoms. The average molecular weight is 336 g/mol. The number of carbonyl (C=O) groups is 1. The Morgan fingerprint density at radius 2 is 2.54 bits per heavy atom. The van der Waals surface area contributed by atoms with Crippen LogP contribution in [-0.4, -0.2) is 58.3 Å². The maximum Gasteiger partial charge on any atom is 0.302 e. The first-order chi connectivity index (χ1) is 15.3. The van der Waals surface area contributed by atoms with Gasteiger partial charge in [0.05, 0.1) is 15.5 Å². The van der Waals surface area contributed by atoms with E-state index < -0.39 is 43.7 Å². The summed E-state index contributed by atoms with van der Waals surface area (Å²) in [6.45, 7) is -0.581. The zero-order valence-electron chi connectivity index (χ0n) is 23.3. The van der Waals surface area contributed by atoms with Gasteiger partial charge in [0.25, 0.3) is 6.50 Å². The van der Waals surface area contributed by atoms with Crippen LogP contribution < -0.4 is 4.90 Å². The van der Waals surface area contributed by atoms with Crippen molar-refractivity contribution in [1.29, 1.82) is 0 Å². The molecule has 0 bridgehead atoms. The number of hydrogen-bond acceptors (Lipinski definition) is 4. The van der Waals surface area contributed by atoms with Crippen LogP contribution in [0.3, 0.4) is 0 Å². The van der Waals surface area contributed by atoms with Crippen LogP contribution in [0.4, 0.5) is 5.82 Å². The molecule has 0 aromatic carbocycles. The highest BCUT2D eigenvalue weighted by Crippen LogP contribution is 2.29. The molecule has 1 saturated heterocycles. The van der Waals surface area contributed by atoms with Crippen molar-refractivity contribution in [3.8, 4) is 0 Å². The standard InChI is InChI=1S/C17H22N6O/c1-11-5-6-23(15(24)8-18-3)9-14(11)22(4)17-13-7-12(2)21-16(13)19-10-20-17/h7,10-11,14H,5-6,8-9H2,1-2,4H3,(H,19,20,21)/t11-,14+/m1/s1/i5D2,6D2,7D,8D2,9D2,11D. The van der Waals surface area contributed by atoms with E-state index in [0.717, 1.165) is 18.2 Å². The van der Waals surface area contributed by atoms with Crippen LogP contribution in [0.5, 0.6) is 0 Å². The van der Waals surface area contributed by atoms with Gasteiger partial charge in [-0.1, -0.05) is 6.92 Å². The summed E-state index contributed by atoms with van der Waals surface area (Å²) in [5, 5.41) is 0.137. The number of anilines is 1. The number of fused-ring (bicyclic) bond motifs is 1. The average Bonchev–Trinajstić information content (AvgIpc) is 2.99. The minimum atomic E-state index is -3.51. The maximum absolute atomic E-state index is 12.9. The number of nitrogens with zero attached hydrogens (tertiary/aromatic N) is 5. The second-order valence-electron chi connectivity index (χ2n) is 5.22. The van der Waals surface area contributed by atoms with E-state index in [1.54, 1.807) is 6.92 Å². The van der Waals surface area contributed by atoms with E-state index in [1.807, 2.05) is 0 Å². The van der Waals surface area contributed by atoms with E-state index in [9.17, 15) is 4.79 Å². The van der Waals surface area contributed by atoms with E-state index in [4.69, 9.17) is 20.3 Å². The van der Waals surface area contributed by atoms with Gasteiger partial charge in [0, 0.05) is 32.6 Å². The largest absolute Gasteiger partial charge is 0.354 e. The monoisotopic (exact) mass is 336 g/mol. The molecular formula is C17H22N6O. The third kappa shape index (κ3) is 2.92. The molecule has 3 heterocycles. The highest BCUT2D eigenvalue weighted by molar-refractivity contribution is 5.88. The lowest BCUT2D eigenvalue weighted by molar-refractivity contribution is -0.130. The highest BCUT2D eigenvalue weighted by Gasteiger charge is 2.33. The Morgan fingerprint density at radius 3 is 3.29 bits per heavy atom. The summed E-state index contributed by atoms with van der Waals surface area (Å²) >= 11 is 0. The smallest absolute Gasteiger partial charge is 0.302 e. The number of amides is 1. The number of aromatic nitrogens is 3. The fraction of sp³-hybridized carbons (Fsp3) is 0.529. The molecule has 0 aliphatic carbocycles. The molecule has 1 aliphatic rings. The van der Waals surface area contributed by atoms with Gasteiger partial charge in [-0.15, -0.1) is 0 Å². The van der Waals surface area contributed by atoms with Crippen LogP contribution in [0.1, 0.15) is 32.7 Å². The lowest BCUT2D eigenvalue weighted by atomic mass is 9.92. The summed E-state index contributed by atoms with van der Waals surface area (Å²) in [5.41, 5.74) is 0.636. The van der Waals surface area contributed by atoms with Crippen molar-refractivity contribution in [2.75, 3.05) is 31.4 Å². The molecule has 1 aliphatic heterocycles. The van der Waals surface area contributed by atoms with Gasteiger partial charge in [0.1, 0.15) is 20.5 Å². The van der Waals surface area contributed by atoms with Gasteiger partial charge < -0.3 is 19.6 Å². The van der Waals surface area contributed by atoms with Gasteiger partial charge >= 0.3 is 5.91 Å². The second-order valence-corrected chi connectivity index (χ2v) is 5.22. The Hall–Kier alpha value is -2.62. The number of aryl methyl sites for hydroxylation is 1. The highest BCUT2D eigenvalue weighted by atomic mass is 16.2. The van der Waals surface area contributed by atoms with Gasteiger partial charge in [0.2, 0.25) is 0 Å². The molecule has 1 N–H and O–H groups in total. The van der Waals surface area contributed by atoms with E-state index in [0.29, 0.717) is 5.69 Å².